The highest BCUT2D eigenvalue weighted by molar-refractivity contribution is 7.89. The molecule has 0 spiro atoms. The predicted octanol–water partition coefficient (Wildman–Crippen LogP) is 4.05. The Bertz CT molecular complexity index is 1560. The van der Waals surface area contributed by atoms with E-state index in [9.17, 15) is 22.4 Å². The number of benzene rings is 3. The Balaban J connectivity index is 1.23. The second-order valence-electron chi connectivity index (χ2n) is 9.27. The molecule has 11 heteroatoms. The molecule has 42 heavy (non-hydrogen) atoms. The highest BCUT2D eigenvalue weighted by Crippen LogP contribution is 2.25. The highest BCUT2D eigenvalue weighted by atomic mass is 32.2. The summed E-state index contributed by atoms with van der Waals surface area (Å²) in [7, 11) is -0.647. The van der Waals surface area contributed by atoms with Crippen LogP contribution < -0.4 is 14.2 Å². The Labute approximate surface area is 244 Å². The van der Waals surface area contributed by atoms with Gasteiger partial charge in [0.25, 0.3) is 5.91 Å². The Morgan fingerprint density at radius 1 is 0.833 bits per heavy atom. The summed E-state index contributed by atoms with van der Waals surface area (Å²) in [5, 5.41) is 0. The summed E-state index contributed by atoms with van der Waals surface area (Å²) >= 11 is 0. The summed E-state index contributed by atoms with van der Waals surface area (Å²) in [6.07, 6.45) is 6.24. The molecule has 3 aromatic carbocycles. The third-order valence-electron chi connectivity index (χ3n) is 6.59. The number of rotatable bonds is 11. The van der Waals surface area contributed by atoms with Gasteiger partial charge in [0.05, 0.1) is 19.1 Å². The minimum absolute atomic E-state index is 0.0142. The van der Waals surface area contributed by atoms with E-state index in [1.54, 1.807) is 73.7 Å². The molecule has 0 radical (unpaired) electrons. The third kappa shape index (κ3) is 7.83. The molecule has 0 aliphatic carbocycles. The predicted molar refractivity (Wildman–Crippen MR) is 156 cm³/mol. The van der Waals surface area contributed by atoms with Crippen LogP contribution in [0.2, 0.25) is 0 Å². The van der Waals surface area contributed by atoms with Gasteiger partial charge in [-0.2, -0.15) is 4.31 Å². The molecule has 1 aliphatic heterocycles. The number of amides is 1. The Morgan fingerprint density at radius 2 is 1.48 bits per heavy atom. The smallest absolute Gasteiger partial charge is 0.260 e. The van der Waals surface area contributed by atoms with Crippen molar-refractivity contribution in [2.75, 3.05) is 47.0 Å². The fourth-order valence-electron chi connectivity index (χ4n) is 4.21. The van der Waals surface area contributed by atoms with Crippen LogP contribution in [0.4, 0.5) is 4.39 Å². The zero-order chi connectivity index (χ0) is 30.1. The van der Waals surface area contributed by atoms with Crippen molar-refractivity contribution < 1.29 is 36.6 Å². The van der Waals surface area contributed by atoms with Crippen LogP contribution in [0.5, 0.6) is 17.2 Å². The van der Waals surface area contributed by atoms with Crippen molar-refractivity contribution >= 4 is 33.9 Å². The maximum atomic E-state index is 13.2. The SMILES string of the molecule is COc1ccc(C=CC(=O)C=Cc2ccc(OCC(=O)N3CCN(S(=O)(=O)c4ccc(F)cc4)CC3)cc2)c(OC)c1. The van der Waals surface area contributed by atoms with Gasteiger partial charge in [-0.3, -0.25) is 9.59 Å². The van der Waals surface area contributed by atoms with Crippen molar-refractivity contribution in [1.29, 1.82) is 0 Å². The monoisotopic (exact) mass is 594 g/mol. The second-order valence-corrected chi connectivity index (χ2v) is 11.2. The summed E-state index contributed by atoms with van der Waals surface area (Å²) in [6.45, 7) is 0.514. The van der Waals surface area contributed by atoms with E-state index in [1.807, 2.05) is 0 Å². The number of allylic oxidation sites excluding steroid dienone is 2. The van der Waals surface area contributed by atoms with Crippen LogP contribution >= 0.6 is 0 Å². The zero-order valence-electron chi connectivity index (χ0n) is 23.2. The van der Waals surface area contributed by atoms with Crippen molar-refractivity contribution in [3.8, 4) is 17.2 Å². The van der Waals surface area contributed by atoms with Crippen molar-refractivity contribution in [3.63, 3.8) is 0 Å². The number of nitrogens with zero attached hydrogens (tertiary/aromatic N) is 2. The molecule has 0 atom stereocenters. The molecule has 0 aromatic heterocycles. The van der Waals surface area contributed by atoms with E-state index in [0.29, 0.717) is 17.2 Å². The lowest BCUT2D eigenvalue weighted by Crippen LogP contribution is -2.51. The van der Waals surface area contributed by atoms with Gasteiger partial charge >= 0.3 is 0 Å². The van der Waals surface area contributed by atoms with Crippen LogP contribution in [0.15, 0.2) is 83.8 Å². The molecule has 9 nitrogen and oxygen atoms in total. The molecule has 0 N–H and O–H groups in total. The van der Waals surface area contributed by atoms with E-state index in [1.165, 1.54) is 28.6 Å². The van der Waals surface area contributed by atoms with Crippen molar-refractivity contribution in [3.05, 3.63) is 95.8 Å². The lowest BCUT2D eigenvalue weighted by atomic mass is 10.1. The van der Waals surface area contributed by atoms with Crippen LogP contribution in [0.1, 0.15) is 11.1 Å². The number of halogens is 1. The van der Waals surface area contributed by atoms with Crippen LogP contribution in [0.25, 0.3) is 12.2 Å². The van der Waals surface area contributed by atoms with Gasteiger partial charge in [0.15, 0.2) is 12.4 Å². The average Bonchev–Trinajstić information content (AvgIpc) is 3.02. The van der Waals surface area contributed by atoms with Crippen molar-refractivity contribution in [2.45, 2.75) is 4.90 Å². The van der Waals surface area contributed by atoms with Gasteiger partial charge in [-0.15, -0.1) is 0 Å². The van der Waals surface area contributed by atoms with E-state index < -0.39 is 15.8 Å². The molecule has 1 amide bonds. The molecule has 0 saturated carbocycles. The Morgan fingerprint density at radius 3 is 2.12 bits per heavy atom. The molecule has 0 bridgehead atoms. The first kappa shape index (κ1) is 30.5. The molecular weight excluding hydrogens is 563 g/mol. The minimum Gasteiger partial charge on any atom is -0.497 e. The zero-order valence-corrected chi connectivity index (χ0v) is 24.1. The summed E-state index contributed by atoms with van der Waals surface area (Å²) in [5.74, 6) is 0.751. The number of methoxy groups -OCH3 is 2. The van der Waals surface area contributed by atoms with Gasteiger partial charge in [0, 0.05) is 37.8 Å². The lowest BCUT2D eigenvalue weighted by Gasteiger charge is -2.34. The van der Waals surface area contributed by atoms with E-state index >= 15 is 0 Å². The normalized spacial score (nSPS) is 14.3. The van der Waals surface area contributed by atoms with E-state index in [4.69, 9.17) is 14.2 Å². The topological polar surface area (TPSA) is 102 Å². The van der Waals surface area contributed by atoms with Crippen molar-refractivity contribution in [1.82, 2.24) is 9.21 Å². The molecule has 1 aliphatic rings. The average molecular weight is 595 g/mol. The van der Waals surface area contributed by atoms with Crippen LogP contribution in [0, 0.1) is 5.82 Å². The first-order chi connectivity index (χ1) is 20.2. The van der Waals surface area contributed by atoms with E-state index in [0.717, 1.165) is 23.3 Å². The number of carbonyl (C=O) groups excluding carboxylic acids is 2. The first-order valence-corrected chi connectivity index (χ1v) is 14.5. The number of carbonyl (C=O) groups is 2. The maximum absolute atomic E-state index is 13.2. The van der Waals surface area contributed by atoms with Gasteiger partial charge in [0.1, 0.15) is 23.1 Å². The van der Waals surface area contributed by atoms with E-state index in [-0.39, 0.29) is 49.4 Å². The van der Waals surface area contributed by atoms with Gasteiger partial charge in [-0.05, 0) is 72.3 Å². The summed E-state index contributed by atoms with van der Waals surface area (Å²) in [5.41, 5.74) is 1.52. The number of sulfonamides is 1. The fourth-order valence-corrected chi connectivity index (χ4v) is 5.63. The van der Waals surface area contributed by atoms with Crippen LogP contribution in [-0.4, -0.2) is 76.3 Å². The molecular formula is C31H31FN2O7S. The third-order valence-corrected chi connectivity index (χ3v) is 8.51. The lowest BCUT2D eigenvalue weighted by molar-refractivity contribution is -0.134. The standard InChI is InChI=1S/C31H31FN2O7S/c1-39-28-14-7-24(30(21-28)40-2)6-11-26(35)10-3-23-4-12-27(13-5-23)41-22-31(36)33-17-19-34(20-18-33)42(37,38)29-15-8-25(32)9-16-29/h3-16,21H,17-20,22H2,1-2H3. The molecule has 3 aromatic rings. The number of hydrogen-bond acceptors (Lipinski definition) is 7. The minimum atomic E-state index is -3.76. The van der Waals surface area contributed by atoms with Crippen LogP contribution in [0.3, 0.4) is 0 Å². The Hall–Kier alpha value is -4.48. The Kier molecular flexibility index (Phi) is 10.1. The fraction of sp³-hybridized carbons (Fsp3) is 0.226. The summed E-state index contributed by atoms with van der Waals surface area (Å²) in [4.78, 5) is 26.5. The summed E-state index contributed by atoms with van der Waals surface area (Å²) in [6, 6.07) is 16.9. The molecule has 0 unspecified atom stereocenters. The quantitative estimate of drug-likeness (QED) is 0.309. The number of piperazine rings is 1. The molecule has 1 fully saturated rings. The number of ketones is 1. The molecule has 1 saturated heterocycles. The van der Waals surface area contributed by atoms with Gasteiger partial charge in [-0.25, -0.2) is 12.8 Å². The van der Waals surface area contributed by atoms with Gasteiger partial charge in [0.2, 0.25) is 10.0 Å². The molecule has 4 rings (SSSR count). The molecule has 220 valence electrons. The number of hydrogen-bond donors (Lipinski definition) is 0. The molecule has 1 heterocycles. The highest BCUT2D eigenvalue weighted by Gasteiger charge is 2.30. The first-order valence-electron chi connectivity index (χ1n) is 13.1. The van der Waals surface area contributed by atoms with Crippen molar-refractivity contribution in [2.24, 2.45) is 0 Å². The van der Waals surface area contributed by atoms with Crippen LogP contribution in [-0.2, 0) is 19.6 Å². The second kappa shape index (κ2) is 13.9. The largest absolute Gasteiger partial charge is 0.497 e. The maximum Gasteiger partial charge on any atom is 0.260 e. The van der Waals surface area contributed by atoms with E-state index in [2.05, 4.69) is 0 Å². The summed E-state index contributed by atoms with van der Waals surface area (Å²) < 4.78 is 56.1. The number of ether oxygens (including phenoxy) is 3. The van der Waals surface area contributed by atoms with Gasteiger partial charge in [-0.1, -0.05) is 18.2 Å². The van der Waals surface area contributed by atoms with Gasteiger partial charge < -0.3 is 19.1 Å².